The van der Waals surface area contributed by atoms with Gasteiger partial charge in [-0.2, -0.15) is 0 Å². The molecule has 1 saturated heterocycles. The minimum absolute atomic E-state index is 0.0630. The molecule has 1 aliphatic heterocycles. The van der Waals surface area contributed by atoms with E-state index in [4.69, 9.17) is 5.73 Å². The maximum Gasteiger partial charge on any atom is 0.253 e. The van der Waals surface area contributed by atoms with Crippen molar-refractivity contribution in [1.29, 1.82) is 0 Å². The number of rotatable bonds is 3. The number of nitrogens with zero attached hydrogens (tertiary/aromatic N) is 5. The van der Waals surface area contributed by atoms with Crippen molar-refractivity contribution in [3.8, 4) is 11.8 Å². The van der Waals surface area contributed by atoms with Crippen LogP contribution >= 0.6 is 0 Å². The zero-order valence-corrected chi connectivity index (χ0v) is 17.5. The minimum atomic E-state index is 0.0630. The number of carbonyl (C=O) groups is 1. The lowest BCUT2D eigenvalue weighted by Gasteiger charge is -2.36. The van der Waals surface area contributed by atoms with E-state index in [0.29, 0.717) is 32.0 Å². The highest BCUT2D eigenvalue weighted by Crippen LogP contribution is 2.22. The van der Waals surface area contributed by atoms with Crippen molar-refractivity contribution in [3.05, 3.63) is 77.4 Å². The number of nitrogen functional groups attached to an aromatic ring is 1. The van der Waals surface area contributed by atoms with Gasteiger partial charge in [0.05, 0.1) is 11.3 Å². The van der Waals surface area contributed by atoms with E-state index in [1.54, 1.807) is 18.6 Å². The second-order valence-corrected chi connectivity index (χ2v) is 7.24. The van der Waals surface area contributed by atoms with Gasteiger partial charge in [0, 0.05) is 43.5 Å². The Morgan fingerprint density at radius 2 is 1.77 bits per heavy atom. The van der Waals surface area contributed by atoms with Crippen LogP contribution in [0, 0.1) is 11.8 Å². The number of piperazine rings is 1. The molecule has 3 heterocycles. The average molecular weight is 412 g/mol. The molecule has 1 aliphatic rings. The minimum Gasteiger partial charge on any atom is -0.384 e. The smallest absolute Gasteiger partial charge is 0.253 e. The molecule has 0 bridgehead atoms. The fourth-order valence-electron chi connectivity index (χ4n) is 3.55. The van der Waals surface area contributed by atoms with Crippen molar-refractivity contribution < 1.29 is 4.79 Å². The van der Waals surface area contributed by atoms with Gasteiger partial charge in [-0.15, -0.1) is 0 Å². The van der Waals surface area contributed by atoms with E-state index in [-0.39, 0.29) is 5.91 Å². The first-order chi connectivity index (χ1) is 15.2. The first-order valence-electron chi connectivity index (χ1n) is 10.3. The van der Waals surface area contributed by atoms with Crippen LogP contribution in [0.3, 0.4) is 0 Å². The zero-order chi connectivity index (χ0) is 21.6. The third-order valence-electron chi connectivity index (χ3n) is 5.25. The van der Waals surface area contributed by atoms with E-state index in [1.165, 1.54) is 0 Å². The fraction of sp³-hybridized carbons (Fsp3) is 0.250. The van der Waals surface area contributed by atoms with E-state index in [1.807, 2.05) is 41.3 Å². The van der Waals surface area contributed by atoms with Crippen LogP contribution in [0.1, 0.15) is 34.1 Å². The van der Waals surface area contributed by atoms with E-state index in [9.17, 15) is 4.79 Å². The summed E-state index contributed by atoms with van der Waals surface area (Å²) in [5, 5.41) is 0. The Balaban J connectivity index is 1.54. The summed E-state index contributed by atoms with van der Waals surface area (Å²) in [7, 11) is 0. The Kier molecular flexibility index (Phi) is 6.08. The molecule has 4 rings (SSSR count). The number of amides is 1. The predicted octanol–water partition coefficient (Wildman–Crippen LogP) is 2.38. The lowest BCUT2D eigenvalue weighted by Crippen LogP contribution is -2.49. The topological polar surface area (TPSA) is 88.2 Å². The molecule has 156 valence electrons. The highest BCUT2D eigenvalue weighted by molar-refractivity contribution is 5.94. The summed E-state index contributed by atoms with van der Waals surface area (Å²) < 4.78 is 0. The Hall–Kier alpha value is -3.92. The summed E-state index contributed by atoms with van der Waals surface area (Å²) in [5.74, 6) is 7.74. The number of carbonyl (C=O) groups excluding carboxylic acids is 1. The number of anilines is 2. The van der Waals surface area contributed by atoms with Gasteiger partial charge in [0.2, 0.25) is 0 Å². The third-order valence-corrected chi connectivity index (χ3v) is 5.25. The van der Waals surface area contributed by atoms with Crippen molar-refractivity contribution in [2.75, 3.05) is 36.8 Å². The Labute approximate surface area is 182 Å². The second-order valence-electron chi connectivity index (χ2n) is 7.24. The molecule has 0 spiro atoms. The van der Waals surface area contributed by atoms with Gasteiger partial charge in [-0.05, 0) is 30.7 Å². The normalized spacial score (nSPS) is 13.5. The van der Waals surface area contributed by atoms with E-state index >= 15 is 0 Å². The number of nitrogens with two attached hydrogens (primary N) is 1. The lowest BCUT2D eigenvalue weighted by molar-refractivity contribution is 0.0746. The Morgan fingerprint density at radius 3 is 2.45 bits per heavy atom. The number of pyridine rings is 1. The largest absolute Gasteiger partial charge is 0.384 e. The molecule has 0 aliphatic carbocycles. The third kappa shape index (κ3) is 4.64. The van der Waals surface area contributed by atoms with Crippen molar-refractivity contribution >= 4 is 17.5 Å². The molecule has 1 amide bonds. The molecule has 7 heteroatoms. The van der Waals surface area contributed by atoms with Gasteiger partial charge in [0.25, 0.3) is 5.91 Å². The molecule has 2 N–H and O–H groups in total. The van der Waals surface area contributed by atoms with Crippen LogP contribution in [0.15, 0.2) is 55.0 Å². The van der Waals surface area contributed by atoms with Gasteiger partial charge >= 0.3 is 0 Å². The molecule has 1 fully saturated rings. The highest BCUT2D eigenvalue weighted by atomic mass is 16.2. The molecule has 0 radical (unpaired) electrons. The Morgan fingerprint density at radius 1 is 1.00 bits per heavy atom. The lowest BCUT2D eigenvalue weighted by atomic mass is 10.1. The zero-order valence-electron chi connectivity index (χ0n) is 17.5. The van der Waals surface area contributed by atoms with Crippen molar-refractivity contribution in [2.24, 2.45) is 0 Å². The summed E-state index contributed by atoms with van der Waals surface area (Å²) in [4.78, 5) is 29.9. The summed E-state index contributed by atoms with van der Waals surface area (Å²) in [6, 6.07) is 13.0. The van der Waals surface area contributed by atoms with Gasteiger partial charge in [-0.25, -0.2) is 15.0 Å². The molecule has 0 saturated carbocycles. The highest BCUT2D eigenvalue weighted by Gasteiger charge is 2.24. The Bertz CT molecular complexity index is 1110. The average Bonchev–Trinajstić information content (AvgIpc) is 2.83. The monoisotopic (exact) mass is 412 g/mol. The molecule has 7 nitrogen and oxygen atoms in total. The molecule has 0 atom stereocenters. The number of benzene rings is 1. The summed E-state index contributed by atoms with van der Waals surface area (Å²) >= 11 is 0. The second kappa shape index (κ2) is 9.26. The maximum absolute atomic E-state index is 12.7. The van der Waals surface area contributed by atoms with Gasteiger partial charge in [0.15, 0.2) is 0 Å². The van der Waals surface area contributed by atoms with Crippen LogP contribution in [0.2, 0.25) is 0 Å². The molecular weight excluding hydrogens is 388 g/mol. The van der Waals surface area contributed by atoms with Crippen LogP contribution in [-0.4, -0.2) is 51.9 Å². The van der Waals surface area contributed by atoms with Gasteiger partial charge in [-0.3, -0.25) is 4.79 Å². The van der Waals surface area contributed by atoms with Crippen LogP contribution in [0.5, 0.6) is 0 Å². The van der Waals surface area contributed by atoms with E-state index < -0.39 is 0 Å². The first kappa shape index (κ1) is 20.4. The van der Waals surface area contributed by atoms with Crippen LogP contribution < -0.4 is 10.6 Å². The number of aromatic nitrogens is 3. The maximum atomic E-state index is 12.7. The molecule has 0 unspecified atom stereocenters. The molecule has 1 aromatic carbocycles. The van der Waals surface area contributed by atoms with Crippen LogP contribution in [0.4, 0.5) is 11.6 Å². The van der Waals surface area contributed by atoms with Crippen molar-refractivity contribution in [1.82, 2.24) is 19.9 Å². The predicted molar refractivity (Wildman–Crippen MR) is 121 cm³/mol. The van der Waals surface area contributed by atoms with Gasteiger partial charge < -0.3 is 15.5 Å². The van der Waals surface area contributed by atoms with Crippen LogP contribution in [0.25, 0.3) is 0 Å². The summed E-state index contributed by atoms with van der Waals surface area (Å²) in [6.07, 6.45) is 4.00. The number of aryl methyl sites for hydroxylation is 1. The van der Waals surface area contributed by atoms with Gasteiger partial charge in [0.1, 0.15) is 18.0 Å². The molecular formula is C24H24N6O. The molecule has 2 aromatic heterocycles. The summed E-state index contributed by atoms with van der Waals surface area (Å²) in [5.41, 5.74) is 8.89. The first-order valence-corrected chi connectivity index (χ1v) is 10.3. The van der Waals surface area contributed by atoms with Crippen molar-refractivity contribution in [2.45, 2.75) is 13.3 Å². The number of hydrogen-bond donors (Lipinski definition) is 1. The molecule has 3 aromatic rings. The fourth-order valence-corrected chi connectivity index (χ4v) is 3.55. The SMILES string of the molecule is CCc1ncnc(N2CCN(C(=O)c3ccccc3)CC2)c1C#Cc1ccc(N)nc1. The van der Waals surface area contributed by atoms with Gasteiger partial charge in [-0.1, -0.05) is 37.0 Å². The summed E-state index contributed by atoms with van der Waals surface area (Å²) in [6.45, 7) is 4.70. The van der Waals surface area contributed by atoms with Crippen LogP contribution in [-0.2, 0) is 6.42 Å². The molecule has 31 heavy (non-hydrogen) atoms. The van der Waals surface area contributed by atoms with Crippen molar-refractivity contribution in [3.63, 3.8) is 0 Å². The standard InChI is InChI=1S/C24H24N6O/c1-2-21-20(10-8-18-9-11-22(25)26-16-18)23(28-17-27-21)29-12-14-30(15-13-29)24(31)19-6-4-3-5-7-19/h3-7,9,11,16-17H,2,12-15H2,1H3,(H2,25,26). The number of hydrogen-bond acceptors (Lipinski definition) is 6. The van der Waals surface area contributed by atoms with E-state index in [0.717, 1.165) is 34.6 Å². The van der Waals surface area contributed by atoms with E-state index in [2.05, 4.69) is 38.6 Å². The quantitative estimate of drug-likeness (QED) is 0.665.